The maximum atomic E-state index is 12.6. The average Bonchev–Trinajstić information content (AvgIpc) is 2.45. The molecule has 0 aliphatic carbocycles. The zero-order chi connectivity index (χ0) is 14.5. The highest BCUT2D eigenvalue weighted by Gasteiger charge is 2.25. The summed E-state index contributed by atoms with van der Waals surface area (Å²) in [6.45, 7) is 0. The molecule has 0 spiro atoms. The lowest BCUT2D eigenvalue weighted by Crippen LogP contribution is -2.17. The number of carbonyl (C=O) groups is 2. The maximum absolute atomic E-state index is 12.6. The van der Waals surface area contributed by atoms with E-state index in [9.17, 15) is 9.59 Å². The fourth-order valence-corrected chi connectivity index (χ4v) is 2.55. The van der Waals surface area contributed by atoms with E-state index in [1.807, 2.05) is 12.1 Å². The van der Waals surface area contributed by atoms with Crippen molar-refractivity contribution in [2.24, 2.45) is 0 Å². The first-order valence-electron chi connectivity index (χ1n) is 6.15. The molecule has 0 saturated carbocycles. The van der Waals surface area contributed by atoms with Crippen LogP contribution in [0.15, 0.2) is 59.1 Å². The summed E-state index contributed by atoms with van der Waals surface area (Å²) in [7, 11) is 0. The van der Waals surface area contributed by atoms with Gasteiger partial charge in [0.25, 0.3) is 0 Å². The summed E-state index contributed by atoms with van der Waals surface area (Å²) >= 11 is 3.34. The van der Waals surface area contributed by atoms with E-state index in [1.165, 1.54) is 0 Å². The number of carboxylic acids is 1. The molecule has 0 bridgehead atoms. The van der Waals surface area contributed by atoms with Crippen LogP contribution < -0.4 is 0 Å². The average molecular weight is 333 g/mol. The Kier molecular flexibility index (Phi) is 4.69. The molecule has 20 heavy (non-hydrogen) atoms. The van der Waals surface area contributed by atoms with Crippen LogP contribution in [0.3, 0.4) is 0 Å². The van der Waals surface area contributed by atoms with Crippen LogP contribution in [0.25, 0.3) is 0 Å². The molecule has 0 saturated heterocycles. The number of hydrogen-bond acceptors (Lipinski definition) is 2. The number of rotatable bonds is 5. The number of halogens is 1. The smallest absolute Gasteiger partial charge is 0.304 e. The summed E-state index contributed by atoms with van der Waals surface area (Å²) in [4.78, 5) is 23.6. The summed E-state index contributed by atoms with van der Waals surface area (Å²) in [6.07, 6.45) is -0.218. The van der Waals surface area contributed by atoms with E-state index < -0.39 is 11.9 Å². The molecule has 1 unspecified atom stereocenters. The number of carboxylic acid groups (broad SMARTS) is 1. The quantitative estimate of drug-likeness (QED) is 0.845. The van der Waals surface area contributed by atoms with Crippen molar-refractivity contribution in [1.29, 1.82) is 0 Å². The van der Waals surface area contributed by atoms with Gasteiger partial charge in [-0.25, -0.2) is 0 Å². The van der Waals surface area contributed by atoms with Crippen molar-refractivity contribution in [1.82, 2.24) is 0 Å². The lowest BCUT2D eigenvalue weighted by molar-refractivity contribution is -0.137. The number of hydrogen-bond donors (Lipinski definition) is 1. The number of aliphatic carboxylic acids is 1. The van der Waals surface area contributed by atoms with Crippen molar-refractivity contribution in [3.8, 4) is 0 Å². The molecule has 1 atom stereocenters. The highest BCUT2D eigenvalue weighted by Crippen LogP contribution is 2.27. The van der Waals surface area contributed by atoms with Gasteiger partial charge < -0.3 is 5.11 Å². The Morgan fingerprint density at radius 1 is 1.00 bits per heavy atom. The summed E-state index contributed by atoms with van der Waals surface area (Å²) in [5.41, 5.74) is 1.22. The Morgan fingerprint density at radius 3 is 2.20 bits per heavy atom. The van der Waals surface area contributed by atoms with Crippen LogP contribution >= 0.6 is 15.9 Å². The number of ketones is 1. The second-order valence-corrected chi connectivity index (χ2v) is 5.26. The van der Waals surface area contributed by atoms with Crippen LogP contribution in [0.2, 0.25) is 0 Å². The molecule has 0 amide bonds. The summed E-state index contributed by atoms with van der Waals surface area (Å²) in [5.74, 6) is -1.85. The molecular weight excluding hydrogens is 320 g/mol. The number of benzene rings is 2. The monoisotopic (exact) mass is 332 g/mol. The van der Waals surface area contributed by atoms with Gasteiger partial charge in [-0.05, 0) is 11.6 Å². The Labute approximate surface area is 125 Å². The van der Waals surface area contributed by atoms with Gasteiger partial charge >= 0.3 is 5.97 Å². The van der Waals surface area contributed by atoms with Gasteiger partial charge in [-0.3, -0.25) is 9.59 Å². The zero-order valence-electron chi connectivity index (χ0n) is 10.6. The lowest BCUT2D eigenvalue weighted by Gasteiger charge is -2.15. The van der Waals surface area contributed by atoms with Crippen molar-refractivity contribution < 1.29 is 14.7 Å². The van der Waals surface area contributed by atoms with Crippen molar-refractivity contribution in [3.05, 3.63) is 70.2 Å². The first kappa shape index (κ1) is 14.5. The minimum atomic E-state index is -0.987. The SMILES string of the molecule is O=C(O)CC(C(=O)c1ccccc1Br)c1ccccc1. The Bertz CT molecular complexity index is 623. The summed E-state index contributed by atoms with van der Waals surface area (Å²) < 4.78 is 0.677. The third kappa shape index (κ3) is 3.33. The van der Waals surface area contributed by atoms with E-state index in [4.69, 9.17) is 5.11 Å². The summed E-state index contributed by atoms with van der Waals surface area (Å²) in [6, 6.07) is 16.1. The Balaban J connectivity index is 2.40. The van der Waals surface area contributed by atoms with E-state index in [1.54, 1.807) is 42.5 Å². The molecule has 4 heteroatoms. The predicted molar refractivity (Wildman–Crippen MR) is 79.9 cm³/mol. The lowest BCUT2D eigenvalue weighted by atomic mass is 9.88. The van der Waals surface area contributed by atoms with Crippen LogP contribution in [-0.2, 0) is 4.79 Å². The van der Waals surface area contributed by atoms with Crippen LogP contribution in [0.1, 0.15) is 28.3 Å². The third-order valence-electron chi connectivity index (χ3n) is 3.04. The molecule has 2 rings (SSSR count). The van der Waals surface area contributed by atoms with Gasteiger partial charge in [0.2, 0.25) is 0 Å². The molecule has 2 aromatic carbocycles. The van der Waals surface area contributed by atoms with Gasteiger partial charge in [-0.1, -0.05) is 64.5 Å². The van der Waals surface area contributed by atoms with Crippen LogP contribution in [0.4, 0.5) is 0 Å². The van der Waals surface area contributed by atoms with Crippen LogP contribution in [-0.4, -0.2) is 16.9 Å². The molecule has 0 aromatic heterocycles. The third-order valence-corrected chi connectivity index (χ3v) is 3.73. The molecule has 0 aliphatic rings. The normalized spacial score (nSPS) is 11.8. The summed E-state index contributed by atoms with van der Waals surface area (Å²) in [5, 5.41) is 9.05. The van der Waals surface area contributed by atoms with E-state index in [0.717, 1.165) is 5.56 Å². The molecular formula is C16H13BrO3. The zero-order valence-corrected chi connectivity index (χ0v) is 12.2. The molecule has 3 nitrogen and oxygen atoms in total. The Hall–Kier alpha value is -1.94. The van der Waals surface area contributed by atoms with Crippen molar-refractivity contribution in [2.75, 3.05) is 0 Å². The van der Waals surface area contributed by atoms with Crippen molar-refractivity contribution in [3.63, 3.8) is 0 Å². The maximum Gasteiger partial charge on any atom is 0.304 e. The fraction of sp³-hybridized carbons (Fsp3) is 0.125. The van der Waals surface area contributed by atoms with Gasteiger partial charge in [0, 0.05) is 10.0 Å². The molecule has 2 aromatic rings. The molecule has 0 fully saturated rings. The second kappa shape index (κ2) is 6.48. The highest BCUT2D eigenvalue weighted by atomic mass is 79.9. The topological polar surface area (TPSA) is 54.4 Å². The van der Waals surface area contributed by atoms with Gasteiger partial charge in [0.1, 0.15) is 0 Å². The van der Waals surface area contributed by atoms with Gasteiger partial charge in [-0.2, -0.15) is 0 Å². The first-order valence-corrected chi connectivity index (χ1v) is 6.94. The van der Waals surface area contributed by atoms with Crippen molar-refractivity contribution in [2.45, 2.75) is 12.3 Å². The molecule has 0 radical (unpaired) electrons. The molecule has 102 valence electrons. The van der Waals surface area contributed by atoms with E-state index >= 15 is 0 Å². The van der Waals surface area contributed by atoms with Gasteiger partial charge in [0.15, 0.2) is 5.78 Å². The molecule has 1 N–H and O–H groups in total. The number of carbonyl (C=O) groups excluding carboxylic acids is 1. The minimum absolute atomic E-state index is 0.189. The van der Waals surface area contributed by atoms with Crippen molar-refractivity contribution >= 4 is 27.7 Å². The van der Waals surface area contributed by atoms with Gasteiger partial charge in [-0.15, -0.1) is 0 Å². The largest absolute Gasteiger partial charge is 0.481 e. The Morgan fingerprint density at radius 2 is 1.60 bits per heavy atom. The van der Waals surface area contributed by atoms with Crippen LogP contribution in [0, 0.1) is 0 Å². The van der Waals surface area contributed by atoms with E-state index in [2.05, 4.69) is 15.9 Å². The number of Topliss-reactive ketones (excluding diaryl/α,β-unsaturated/α-hetero) is 1. The molecule has 0 aliphatic heterocycles. The molecule has 0 heterocycles. The van der Waals surface area contributed by atoms with Gasteiger partial charge in [0.05, 0.1) is 12.3 Å². The van der Waals surface area contributed by atoms with Crippen LogP contribution in [0.5, 0.6) is 0 Å². The fourth-order valence-electron chi connectivity index (χ4n) is 2.07. The van der Waals surface area contributed by atoms with E-state index in [0.29, 0.717) is 10.0 Å². The highest BCUT2D eigenvalue weighted by molar-refractivity contribution is 9.10. The minimum Gasteiger partial charge on any atom is -0.481 e. The predicted octanol–water partition coefficient (Wildman–Crippen LogP) is 3.89. The van der Waals surface area contributed by atoms with E-state index in [-0.39, 0.29) is 12.2 Å². The standard InChI is InChI=1S/C16H13BrO3/c17-14-9-5-4-8-12(14)16(20)13(10-15(18)19)11-6-2-1-3-7-11/h1-9,13H,10H2,(H,18,19). The second-order valence-electron chi connectivity index (χ2n) is 4.41. The first-order chi connectivity index (χ1) is 9.59.